The number of nitrogens with zero attached hydrogens (tertiary/aromatic N) is 1. The number of nitrogens with two attached hydrogens (primary N) is 1. The molecule has 3 aliphatic rings. The van der Waals surface area contributed by atoms with Crippen molar-refractivity contribution in [2.24, 2.45) is 28.0 Å². The quantitative estimate of drug-likeness (QED) is 0.0855. The lowest BCUT2D eigenvalue weighted by atomic mass is 9.73. The first-order chi connectivity index (χ1) is 21.0. The molecule has 4 bridgehead atoms. The fraction of sp³-hybridized carbons (Fsp3) is 0.697. The summed E-state index contributed by atoms with van der Waals surface area (Å²) < 4.78 is 12.2. The number of aliphatic hydroxyl groups is 3. The van der Waals surface area contributed by atoms with Crippen LogP contribution in [0, 0.1) is 29.1 Å². The van der Waals surface area contributed by atoms with E-state index in [9.17, 15) is 25.2 Å². The van der Waals surface area contributed by atoms with Gasteiger partial charge in [-0.15, -0.1) is 0 Å². The number of esters is 1. The van der Waals surface area contributed by atoms with Gasteiger partial charge < -0.3 is 46.3 Å². The van der Waals surface area contributed by atoms with Crippen molar-refractivity contribution in [2.45, 2.75) is 109 Å². The number of guanidine groups is 1. The Kier molecular flexibility index (Phi) is 11.8. The summed E-state index contributed by atoms with van der Waals surface area (Å²) in [6.07, 6.45) is 3.02. The molecular formula is C33H50N4O7. The van der Waals surface area contributed by atoms with Crippen molar-refractivity contribution in [2.75, 3.05) is 20.1 Å². The van der Waals surface area contributed by atoms with E-state index in [1.54, 1.807) is 13.1 Å². The third kappa shape index (κ3) is 8.78. The molecule has 7 unspecified atom stereocenters. The first-order valence-electron chi connectivity index (χ1n) is 16.0. The summed E-state index contributed by atoms with van der Waals surface area (Å²) in [5, 5.41) is 49.5. The molecule has 0 saturated carbocycles. The van der Waals surface area contributed by atoms with E-state index < -0.39 is 29.9 Å². The zero-order valence-corrected chi connectivity index (χ0v) is 26.2. The number of phenolic OH excluding ortho intramolecular Hbond substituents is 1. The van der Waals surface area contributed by atoms with Gasteiger partial charge in [-0.3, -0.25) is 9.79 Å². The maximum absolute atomic E-state index is 12.4. The van der Waals surface area contributed by atoms with Crippen LogP contribution in [0.1, 0.15) is 89.1 Å². The topological polar surface area (TPSA) is 179 Å². The molecule has 1 fully saturated rings. The van der Waals surface area contributed by atoms with Gasteiger partial charge in [-0.05, 0) is 75.6 Å². The molecule has 2 heterocycles. The summed E-state index contributed by atoms with van der Waals surface area (Å²) in [6.45, 7) is 4.71. The van der Waals surface area contributed by atoms with Crippen molar-refractivity contribution in [1.29, 1.82) is 0 Å². The number of rotatable bonds is 5. The fourth-order valence-corrected chi connectivity index (χ4v) is 6.90. The van der Waals surface area contributed by atoms with E-state index in [0.717, 1.165) is 45.1 Å². The van der Waals surface area contributed by atoms with Crippen LogP contribution in [0.5, 0.6) is 11.5 Å². The van der Waals surface area contributed by atoms with Gasteiger partial charge in [0.05, 0.1) is 6.10 Å². The predicted octanol–water partition coefficient (Wildman–Crippen LogP) is 2.24. The van der Waals surface area contributed by atoms with E-state index in [2.05, 4.69) is 34.4 Å². The SMILES string of the molecule is CCC1(CNC(N)=NC)C#CC2CCCC3CC(CCN3)Oc3cc(c(C(O)O)cc3O)CC2C(OC(C)=O)CC(O)CC1. The van der Waals surface area contributed by atoms with Crippen LogP contribution < -0.4 is 21.1 Å². The average Bonchev–Trinajstić information content (AvgIpc) is 2.99. The number of carbonyl (C=O) groups excluding carboxylic acids is 1. The minimum Gasteiger partial charge on any atom is -0.504 e. The number of piperidine rings is 1. The van der Waals surface area contributed by atoms with Crippen LogP contribution in [-0.4, -0.2) is 76.8 Å². The number of aromatic hydroxyl groups is 1. The molecular weight excluding hydrogens is 564 g/mol. The zero-order valence-electron chi connectivity index (χ0n) is 26.2. The highest BCUT2D eigenvalue weighted by molar-refractivity contribution is 5.77. The zero-order chi connectivity index (χ0) is 31.9. The van der Waals surface area contributed by atoms with Crippen LogP contribution in [0.3, 0.4) is 0 Å². The number of nitrogens with one attached hydrogen (secondary N) is 2. The molecule has 1 saturated heterocycles. The average molecular weight is 615 g/mol. The second kappa shape index (κ2) is 15.3. The number of carbonyl (C=O) groups is 1. The second-order valence-corrected chi connectivity index (χ2v) is 12.7. The highest BCUT2D eigenvalue weighted by Gasteiger charge is 2.37. The molecule has 0 aromatic heterocycles. The number of ether oxygens (including phenoxy) is 2. The fourth-order valence-electron chi connectivity index (χ4n) is 6.90. The Balaban J connectivity index is 1.85. The minimum atomic E-state index is -1.84. The lowest BCUT2D eigenvalue weighted by Gasteiger charge is -2.36. The summed E-state index contributed by atoms with van der Waals surface area (Å²) >= 11 is 0. The van der Waals surface area contributed by atoms with E-state index >= 15 is 0 Å². The van der Waals surface area contributed by atoms with Gasteiger partial charge in [0.15, 0.2) is 23.7 Å². The molecule has 1 aromatic rings. The molecule has 0 amide bonds. The molecule has 44 heavy (non-hydrogen) atoms. The van der Waals surface area contributed by atoms with Gasteiger partial charge in [-0.2, -0.15) is 0 Å². The molecule has 11 nitrogen and oxygen atoms in total. The van der Waals surface area contributed by atoms with E-state index in [1.807, 2.05) is 0 Å². The van der Waals surface area contributed by atoms with Crippen LogP contribution >= 0.6 is 0 Å². The van der Waals surface area contributed by atoms with E-state index in [0.29, 0.717) is 30.9 Å². The van der Waals surface area contributed by atoms with Crippen molar-refractivity contribution in [3.8, 4) is 23.3 Å². The number of fused-ring (bicyclic) bond motifs is 5. The van der Waals surface area contributed by atoms with Crippen molar-refractivity contribution in [3.63, 3.8) is 0 Å². The van der Waals surface area contributed by atoms with Gasteiger partial charge in [0, 0.05) is 55.8 Å². The number of aliphatic imine (C=N–C) groups is 1. The Morgan fingerprint density at radius 1 is 1.27 bits per heavy atom. The van der Waals surface area contributed by atoms with Crippen LogP contribution in [-0.2, 0) is 16.0 Å². The lowest BCUT2D eigenvalue weighted by molar-refractivity contribution is -0.152. The second-order valence-electron chi connectivity index (χ2n) is 12.7. The third-order valence-electron chi connectivity index (χ3n) is 9.58. The van der Waals surface area contributed by atoms with Crippen molar-refractivity contribution in [3.05, 3.63) is 23.3 Å². The lowest BCUT2D eigenvalue weighted by Crippen LogP contribution is -2.42. The number of hydrogen-bond donors (Lipinski definition) is 7. The summed E-state index contributed by atoms with van der Waals surface area (Å²) in [5.41, 5.74) is 6.22. The minimum absolute atomic E-state index is 0.0909. The van der Waals surface area contributed by atoms with Crippen LogP contribution in [0.25, 0.3) is 0 Å². The molecule has 4 rings (SSSR count). The van der Waals surface area contributed by atoms with Gasteiger partial charge >= 0.3 is 5.97 Å². The van der Waals surface area contributed by atoms with Gasteiger partial charge in [-0.1, -0.05) is 25.2 Å². The highest BCUT2D eigenvalue weighted by atomic mass is 16.5. The molecule has 7 atom stereocenters. The largest absolute Gasteiger partial charge is 0.504 e. The maximum Gasteiger partial charge on any atom is 0.302 e. The van der Waals surface area contributed by atoms with Gasteiger partial charge in [0.2, 0.25) is 0 Å². The van der Waals surface area contributed by atoms with Crippen molar-refractivity contribution >= 4 is 11.9 Å². The Labute approximate surface area is 260 Å². The highest BCUT2D eigenvalue weighted by Crippen LogP contribution is 2.40. The van der Waals surface area contributed by atoms with Gasteiger partial charge in [-0.25, -0.2) is 0 Å². The Morgan fingerprint density at radius 3 is 2.77 bits per heavy atom. The third-order valence-corrected chi connectivity index (χ3v) is 9.58. The molecule has 0 radical (unpaired) electrons. The molecule has 0 spiro atoms. The molecule has 8 N–H and O–H groups in total. The smallest absolute Gasteiger partial charge is 0.302 e. The van der Waals surface area contributed by atoms with Crippen LogP contribution in [0.15, 0.2) is 17.1 Å². The molecule has 1 aliphatic carbocycles. The Bertz CT molecular complexity index is 1230. The molecule has 244 valence electrons. The van der Waals surface area contributed by atoms with Crippen LogP contribution in [0.2, 0.25) is 0 Å². The number of phenols is 1. The number of aliphatic hydroxyl groups excluding tert-OH is 2. The molecule has 2 aliphatic heterocycles. The Hall–Kier alpha value is -3.04. The van der Waals surface area contributed by atoms with Gasteiger partial charge in [0.1, 0.15) is 12.2 Å². The molecule has 11 heteroatoms. The first kappa shape index (κ1) is 33.8. The predicted molar refractivity (Wildman–Crippen MR) is 167 cm³/mol. The van der Waals surface area contributed by atoms with Crippen molar-refractivity contribution in [1.82, 2.24) is 10.6 Å². The summed E-state index contributed by atoms with van der Waals surface area (Å²) in [4.78, 5) is 16.4. The molecule has 1 aromatic carbocycles. The summed E-state index contributed by atoms with van der Waals surface area (Å²) in [5.74, 6) is 6.58. The standard InChI is InChI=1S/C33H50N4O7/c1-4-33(19-37-32(34)35-3)11-8-21-6-5-7-23-16-25(10-13-36-23)44-30-15-22(27(31(41)42)18-28(30)40)14-26(21)29(43-20(2)38)17-24(39)9-12-33/h15,18,21,23-26,29,31,36,39-42H,4-7,9-10,12-14,16-17,19H2,1-3H3,(H3,34,35,37). The van der Waals surface area contributed by atoms with Crippen molar-refractivity contribution < 1.29 is 34.7 Å². The van der Waals surface area contributed by atoms with E-state index in [4.69, 9.17) is 15.2 Å². The monoisotopic (exact) mass is 614 g/mol. The summed E-state index contributed by atoms with van der Waals surface area (Å²) in [6, 6.07) is 3.26. The number of hydrogen-bond acceptors (Lipinski definition) is 9. The van der Waals surface area contributed by atoms with E-state index in [-0.39, 0.29) is 53.9 Å². The van der Waals surface area contributed by atoms with Crippen LogP contribution in [0.4, 0.5) is 0 Å². The maximum atomic E-state index is 12.4. The number of benzene rings is 1. The normalized spacial score (nSPS) is 31.5. The summed E-state index contributed by atoms with van der Waals surface area (Å²) in [7, 11) is 1.62. The van der Waals surface area contributed by atoms with Gasteiger partial charge in [0.25, 0.3) is 0 Å². The first-order valence-corrected chi connectivity index (χ1v) is 16.0. The Morgan fingerprint density at radius 2 is 2.07 bits per heavy atom. The van der Waals surface area contributed by atoms with E-state index in [1.165, 1.54) is 13.0 Å².